The summed E-state index contributed by atoms with van der Waals surface area (Å²) in [5.41, 5.74) is 5.27. The van der Waals surface area contributed by atoms with Crippen molar-refractivity contribution >= 4 is 22.8 Å². The van der Waals surface area contributed by atoms with Gasteiger partial charge in [-0.3, -0.25) is 9.69 Å². The number of nitrogens with one attached hydrogen (secondary N) is 2. The molecule has 26 heavy (non-hydrogen) atoms. The molecule has 4 rings (SSSR count). The fourth-order valence-corrected chi connectivity index (χ4v) is 3.53. The minimum absolute atomic E-state index is 0.166. The normalized spacial score (nSPS) is 17.2. The van der Waals surface area contributed by atoms with Gasteiger partial charge in [0, 0.05) is 23.5 Å². The zero-order valence-corrected chi connectivity index (χ0v) is 14.9. The maximum absolute atomic E-state index is 12.8. The van der Waals surface area contributed by atoms with Crippen LogP contribution in [0.1, 0.15) is 22.3 Å². The van der Waals surface area contributed by atoms with Crippen LogP contribution in [0.2, 0.25) is 0 Å². The minimum atomic E-state index is -0.521. The number of nitrogens with zero attached hydrogens (tertiary/aromatic N) is 1. The highest BCUT2D eigenvalue weighted by Crippen LogP contribution is 2.22. The van der Waals surface area contributed by atoms with E-state index in [1.807, 2.05) is 62.5 Å². The average Bonchev–Trinajstić information content (AvgIpc) is 3.15. The Hall–Kier alpha value is -3.08. The number of aryl methyl sites for hydroxylation is 2. The maximum atomic E-state index is 12.8. The molecule has 5 heteroatoms. The van der Waals surface area contributed by atoms with Crippen molar-refractivity contribution in [1.82, 2.24) is 15.2 Å². The van der Waals surface area contributed by atoms with Gasteiger partial charge in [-0.25, -0.2) is 4.79 Å². The molecule has 0 bridgehead atoms. The van der Waals surface area contributed by atoms with Gasteiger partial charge in [-0.2, -0.15) is 0 Å². The second kappa shape index (κ2) is 6.33. The molecule has 0 saturated carbocycles. The lowest BCUT2D eigenvalue weighted by Crippen LogP contribution is -2.32. The zero-order chi connectivity index (χ0) is 18.3. The number of aromatic amines is 1. The first kappa shape index (κ1) is 16.4. The van der Waals surface area contributed by atoms with Gasteiger partial charge >= 0.3 is 6.03 Å². The Morgan fingerprint density at radius 3 is 2.69 bits per heavy atom. The number of para-hydroxylation sites is 1. The highest BCUT2D eigenvalue weighted by atomic mass is 16.2. The third-order valence-corrected chi connectivity index (χ3v) is 5.04. The lowest BCUT2D eigenvalue weighted by molar-refractivity contribution is -0.127. The van der Waals surface area contributed by atoms with Gasteiger partial charge in [0.2, 0.25) is 0 Å². The molecule has 0 radical (unpaired) electrons. The number of amides is 3. The molecule has 0 aliphatic carbocycles. The Kier molecular flexibility index (Phi) is 3.99. The van der Waals surface area contributed by atoms with Crippen LogP contribution in [0.25, 0.3) is 10.9 Å². The number of rotatable bonds is 4. The molecular weight excluding hydrogens is 326 g/mol. The van der Waals surface area contributed by atoms with Crippen LogP contribution in [-0.2, 0) is 17.8 Å². The van der Waals surface area contributed by atoms with Crippen molar-refractivity contribution in [2.24, 2.45) is 0 Å². The Morgan fingerprint density at radius 2 is 1.85 bits per heavy atom. The van der Waals surface area contributed by atoms with Gasteiger partial charge in [0.15, 0.2) is 0 Å². The van der Waals surface area contributed by atoms with E-state index < -0.39 is 6.04 Å². The molecule has 1 aliphatic rings. The fraction of sp³-hybridized carbons (Fsp3) is 0.238. The van der Waals surface area contributed by atoms with Crippen LogP contribution >= 0.6 is 0 Å². The van der Waals surface area contributed by atoms with Crippen LogP contribution in [0, 0.1) is 13.8 Å². The second-order valence-electron chi connectivity index (χ2n) is 6.92. The van der Waals surface area contributed by atoms with E-state index in [1.54, 1.807) is 0 Å². The molecule has 0 unspecified atom stereocenters. The van der Waals surface area contributed by atoms with Gasteiger partial charge in [0.25, 0.3) is 5.91 Å². The molecular formula is C21H21N3O2. The molecule has 1 aliphatic heterocycles. The Balaban J connectivity index is 1.54. The molecule has 132 valence electrons. The van der Waals surface area contributed by atoms with Crippen molar-refractivity contribution in [3.8, 4) is 0 Å². The second-order valence-corrected chi connectivity index (χ2v) is 6.92. The number of fused-ring (bicyclic) bond motifs is 1. The standard InChI is InChI=1S/C21H21N3O2/c1-13-7-8-14(2)16(9-13)12-24-20(25)19(23-21(24)26)10-15-11-22-18-6-4-3-5-17(15)18/h3-9,11,19,22H,10,12H2,1-2H3,(H,23,26)/t19-/m0/s1. The van der Waals surface area contributed by atoms with Crippen molar-refractivity contribution in [3.63, 3.8) is 0 Å². The Labute approximate surface area is 152 Å². The van der Waals surface area contributed by atoms with Gasteiger partial charge in [-0.15, -0.1) is 0 Å². The van der Waals surface area contributed by atoms with Crippen molar-refractivity contribution in [2.75, 3.05) is 0 Å². The van der Waals surface area contributed by atoms with E-state index in [-0.39, 0.29) is 11.9 Å². The summed E-state index contributed by atoms with van der Waals surface area (Å²) in [6.45, 7) is 4.31. The van der Waals surface area contributed by atoms with E-state index in [0.29, 0.717) is 13.0 Å². The summed E-state index contributed by atoms with van der Waals surface area (Å²) >= 11 is 0. The van der Waals surface area contributed by atoms with Crippen LogP contribution < -0.4 is 5.32 Å². The number of benzene rings is 2. The predicted octanol–water partition coefficient (Wildman–Crippen LogP) is 3.45. The van der Waals surface area contributed by atoms with Gasteiger partial charge in [-0.05, 0) is 36.6 Å². The van der Waals surface area contributed by atoms with Crippen LogP contribution in [0.5, 0.6) is 0 Å². The lowest BCUT2D eigenvalue weighted by atomic mass is 10.0. The van der Waals surface area contributed by atoms with Crippen molar-refractivity contribution in [2.45, 2.75) is 32.9 Å². The first-order valence-electron chi connectivity index (χ1n) is 8.76. The first-order chi connectivity index (χ1) is 12.5. The molecule has 2 heterocycles. The van der Waals surface area contributed by atoms with Gasteiger partial charge < -0.3 is 10.3 Å². The number of carbonyl (C=O) groups excluding carboxylic acids is 2. The molecule has 1 fully saturated rings. The van der Waals surface area contributed by atoms with Crippen LogP contribution in [0.4, 0.5) is 4.79 Å². The minimum Gasteiger partial charge on any atom is -0.361 e. The van der Waals surface area contributed by atoms with Crippen LogP contribution in [0.3, 0.4) is 0 Å². The molecule has 0 spiro atoms. The number of H-pyrrole nitrogens is 1. The Bertz CT molecular complexity index is 1010. The van der Waals surface area contributed by atoms with Gasteiger partial charge in [0.1, 0.15) is 6.04 Å². The SMILES string of the molecule is Cc1ccc(C)c(CN2C(=O)N[C@@H](Cc3c[nH]c4ccccc34)C2=O)c1. The third kappa shape index (κ3) is 2.86. The van der Waals surface area contributed by atoms with Gasteiger partial charge in [-0.1, -0.05) is 42.0 Å². The van der Waals surface area contributed by atoms with E-state index in [4.69, 9.17) is 0 Å². The number of carbonyl (C=O) groups is 2. The van der Waals surface area contributed by atoms with E-state index >= 15 is 0 Å². The van der Waals surface area contributed by atoms with E-state index in [2.05, 4.69) is 10.3 Å². The largest absolute Gasteiger partial charge is 0.361 e. The topological polar surface area (TPSA) is 65.2 Å². The molecule has 1 aromatic heterocycles. The summed E-state index contributed by atoms with van der Waals surface area (Å²) < 4.78 is 0. The summed E-state index contributed by atoms with van der Waals surface area (Å²) in [7, 11) is 0. The average molecular weight is 347 g/mol. The number of hydrogen-bond acceptors (Lipinski definition) is 2. The smallest absolute Gasteiger partial charge is 0.325 e. The number of imide groups is 1. The molecule has 1 atom stereocenters. The number of urea groups is 1. The maximum Gasteiger partial charge on any atom is 0.325 e. The predicted molar refractivity (Wildman–Crippen MR) is 101 cm³/mol. The third-order valence-electron chi connectivity index (χ3n) is 5.04. The number of aromatic nitrogens is 1. The quantitative estimate of drug-likeness (QED) is 0.710. The monoisotopic (exact) mass is 347 g/mol. The first-order valence-corrected chi connectivity index (χ1v) is 8.76. The lowest BCUT2D eigenvalue weighted by Gasteiger charge is -2.15. The number of hydrogen-bond donors (Lipinski definition) is 2. The molecule has 5 nitrogen and oxygen atoms in total. The summed E-state index contributed by atoms with van der Waals surface area (Å²) in [5.74, 6) is -0.166. The molecule has 2 aromatic carbocycles. The Morgan fingerprint density at radius 1 is 1.04 bits per heavy atom. The molecule has 1 saturated heterocycles. The summed E-state index contributed by atoms with van der Waals surface area (Å²) in [6, 6.07) is 13.2. The van der Waals surface area contributed by atoms with Crippen molar-refractivity contribution in [3.05, 3.63) is 70.9 Å². The van der Waals surface area contributed by atoms with E-state index in [9.17, 15) is 9.59 Å². The summed E-state index contributed by atoms with van der Waals surface area (Å²) in [5, 5.41) is 3.92. The van der Waals surface area contributed by atoms with E-state index in [0.717, 1.165) is 33.2 Å². The molecule has 3 amide bonds. The highest BCUT2D eigenvalue weighted by Gasteiger charge is 2.38. The molecule has 2 N–H and O–H groups in total. The zero-order valence-electron chi connectivity index (χ0n) is 14.9. The highest BCUT2D eigenvalue weighted by molar-refractivity contribution is 6.04. The van der Waals surface area contributed by atoms with Crippen molar-refractivity contribution in [1.29, 1.82) is 0 Å². The summed E-state index contributed by atoms with van der Waals surface area (Å²) in [6.07, 6.45) is 2.40. The van der Waals surface area contributed by atoms with E-state index in [1.165, 1.54) is 4.90 Å². The van der Waals surface area contributed by atoms with Crippen molar-refractivity contribution < 1.29 is 9.59 Å². The van der Waals surface area contributed by atoms with Crippen LogP contribution in [0.15, 0.2) is 48.7 Å². The van der Waals surface area contributed by atoms with Crippen LogP contribution in [-0.4, -0.2) is 27.9 Å². The molecule has 3 aromatic rings. The fourth-order valence-electron chi connectivity index (χ4n) is 3.53. The van der Waals surface area contributed by atoms with Gasteiger partial charge in [0.05, 0.1) is 6.54 Å². The summed E-state index contributed by atoms with van der Waals surface area (Å²) in [4.78, 5) is 29.7.